The molecular formula is C70H124NO8P. The number of quaternary nitrogens is 1. The third-order valence-electron chi connectivity index (χ3n) is 14.1. The number of nitrogens with zero attached hydrogens (tertiary/aromatic N) is 1. The van der Waals surface area contributed by atoms with Crippen LogP contribution in [0.25, 0.3) is 0 Å². The van der Waals surface area contributed by atoms with Crippen LogP contribution in [0.2, 0.25) is 0 Å². The van der Waals surface area contributed by atoms with Crippen molar-refractivity contribution >= 4 is 19.8 Å². The van der Waals surface area contributed by atoms with Crippen molar-refractivity contribution in [1.29, 1.82) is 0 Å². The lowest BCUT2D eigenvalue weighted by atomic mass is 10.0. The molecule has 0 aliphatic heterocycles. The Balaban J connectivity index is 4.09. The van der Waals surface area contributed by atoms with E-state index in [9.17, 15) is 19.0 Å². The van der Waals surface area contributed by atoms with Gasteiger partial charge >= 0.3 is 11.9 Å². The molecule has 462 valence electrons. The van der Waals surface area contributed by atoms with Crippen molar-refractivity contribution in [3.8, 4) is 0 Å². The Morgan fingerprint density at radius 3 is 1.06 bits per heavy atom. The van der Waals surface area contributed by atoms with Gasteiger partial charge in [0.05, 0.1) is 27.7 Å². The summed E-state index contributed by atoms with van der Waals surface area (Å²) < 4.78 is 34.3. The van der Waals surface area contributed by atoms with Gasteiger partial charge in [0, 0.05) is 12.8 Å². The van der Waals surface area contributed by atoms with Crippen molar-refractivity contribution in [2.24, 2.45) is 0 Å². The largest absolute Gasteiger partial charge is 0.756 e. The van der Waals surface area contributed by atoms with Crippen LogP contribution in [0.5, 0.6) is 0 Å². The average Bonchev–Trinajstić information content (AvgIpc) is 3.42. The average molecular weight is 1140 g/mol. The van der Waals surface area contributed by atoms with Gasteiger partial charge in [-0.2, -0.15) is 0 Å². The molecule has 0 aromatic heterocycles. The summed E-state index contributed by atoms with van der Waals surface area (Å²) in [7, 11) is 1.16. The van der Waals surface area contributed by atoms with Crippen LogP contribution in [0, 0.1) is 0 Å². The zero-order valence-corrected chi connectivity index (χ0v) is 53.4. The Hall–Kier alpha value is -3.07. The van der Waals surface area contributed by atoms with Crippen LogP contribution in [-0.4, -0.2) is 70.0 Å². The number of unbranched alkanes of at least 4 members (excludes halogenated alkanes) is 30. The summed E-state index contributed by atoms with van der Waals surface area (Å²) in [6.45, 7) is 4.13. The Morgan fingerprint density at radius 1 is 0.400 bits per heavy atom. The van der Waals surface area contributed by atoms with Crippen LogP contribution in [-0.2, 0) is 32.7 Å². The summed E-state index contributed by atoms with van der Waals surface area (Å²) in [5, 5.41) is 0. The van der Waals surface area contributed by atoms with E-state index in [1.54, 1.807) is 0 Å². The molecule has 2 atom stereocenters. The summed E-state index contributed by atoms with van der Waals surface area (Å²) in [5.41, 5.74) is 0. The lowest BCUT2D eigenvalue weighted by Gasteiger charge is -2.28. The van der Waals surface area contributed by atoms with Gasteiger partial charge in [-0.3, -0.25) is 14.2 Å². The molecule has 0 fully saturated rings. The van der Waals surface area contributed by atoms with Crippen molar-refractivity contribution in [3.05, 3.63) is 97.2 Å². The van der Waals surface area contributed by atoms with E-state index >= 15 is 0 Å². The number of phosphoric ester groups is 1. The molecule has 0 radical (unpaired) electrons. The van der Waals surface area contributed by atoms with E-state index in [2.05, 4.69) is 111 Å². The predicted molar refractivity (Wildman–Crippen MR) is 342 cm³/mol. The highest BCUT2D eigenvalue weighted by molar-refractivity contribution is 7.45. The maximum atomic E-state index is 12.8. The van der Waals surface area contributed by atoms with Gasteiger partial charge in [0.15, 0.2) is 6.10 Å². The van der Waals surface area contributed by atoms with Gasteiger partial charge in [0.2, 0.25) is 0 Å². The number of likely N-dealkylation sites (N-methyl/N-ethyl adjacent to an activating group) is 1. The number of carbonyl (C=O) groups is 2. The number of phosphoric acid groups is 1. The first-order chi connectivity index (χ1) is 39.0. The normalized spacial score (nSPS) is 13.8. The molecule has 0 rings (SSSR count). The molecule has 10 heteroatoms. The van der Waals surface area contributed by atoms with Crippen molar-refractivity contribution in [3.63, 3.8) is 0 Å². The molecule has 0 saturated carbocycles. The van der Waals surface area contributed by atoms with E-state index in [4.69, 9.17) is 18.5 Å². The molecule has 0 saturated heterocycles. The van der Waals surface area contributed by atoms with Crippen LogP contribution < -0.4 is 4.89 Å². The van der Waals surface area contributed by atoms with Crippen molar-refractivity contribution in [2.45, 2.75) is 290 Å². The first-order valence-electron chi connectivity index (χ1n) is 32.9. The Labute approximate surface area is 493 Å². The maximum absolute atomic E-state index is 12.8. The molecule has 2 unspecified atom stereocenters. The molecule has 0 aliphatic rings. The molecule has 0 aromatic carbocycles. The fourth-order valence-electron chi connectivity index (χ4n) is 9.04. The number of hydrogen-bond donors (Lipinski definition) is 0. The Bertz CT molecular complexity index is 1670. The number of hydrogen-bond acceptors (Lipinski definition) is 8. The lowest BCUT2D eigenvalue weighted by molar-refractivity contribution is -0.870. The first-order valence-corrected chi connectivity index (χ1v) is 34.4. The fourth-order valence-corrected chi connectivity index (χ4v) is 9.77. The first kappa shape index (κ1) is 76.9. The summed E-state index contributed by atoms with van der Waals surface area (Å²) in [4.78, 5) is 38.0. The minimum absolute atomic E-state index is 0.0356. The molecule has 0 spiro atoms. The maximum Gasteiger partial charge on any atom is 0.306 e. The number of esters is 2. The number of ether oxygens (including phenoxy) is 2. The Morgan fingerprint density at radius 2 is 0.713 bits per heavy atom. The number of carbonyl (C=O) groups excluding carboxylic acids is 2. The van der Waals surface area contributed by atoms with Gasteiger partial charge in [-0.1, -0.05) is 272 Å². The van der Waals surface area contributed by atoms with Crippen LogP contribution >= 0.6 is 7.82 Å². The van der Waals surface area contributed by atoms with Crippen LogP contribution in [0.15, 0.2) is 97.2 Å². The number of allylic oxidation sites excluding steroid dienone is 16. The molecule has 0 aromatic rings. The molecule has 0 amide bonds. The highest BCUT2D eigenvalue weighted by atomic mass is 31.2. The van der Waals surface area contributed by atoms with Crippen LogP contribution in [0.4, 0.5) is 0 Å². The second kappa shape index (κ2) is 60.5. The highest BCUT2D eigenvalue weighted by Crippen LogP contribution is 2.38. The van der Waals surface area contributed by atoms with E-state index in [-0.39, 0.29) is 32.0 Å². The smallest absolute Gasteiger partial charge is 0.306 e. The predicted octanol–water partition coefficient (Wildman–Crippen LogP) is 20.5. The Kier molecular flexibility index (Phi) is 58.2. The molecule has 0 N–H and O–H groups in total. The second-order valence-corrected chi connectivity index (χ2v) is 24.5. The summed E-state index contributed by atoms with van der Waals surface area (Å²) in [6, 6.07) is 0. The molecule has 0 aliphatic carbocycles. The summed E-state index contributed by atoms with van der Waals surface area (Å²) in [5.74, 6) is -0.837. The van der Waals surface area contributed by atoms with Crippen LogP contribution in [0.3, 0.4) is 0 Å². The van der Waals surface area contributed by atoms with Crippen molar-refractivity contribution < 1.29 is 42.1 Å². The van der Waals surface area contributed by atoms with E-state index in [1.807, 2.05) is 21.1 Å². The minimum Gasteiger partial charge on any atom is -0.756 e. The van der Waals surface area contributed by atoms with Crippen LogP contribution in [0.1, 0.15) is 284 Å². The van der Waals surface area contributed by atoms with E-state index in [0.717, 1.165) is 89.9 Å². The summed E-state index contributed by atoms with van der Waals surface area (Å²) >= 11 is 0. The minimum atomic E-state index is -4.65. The zero-order valence-electron chi connectivity index (χ0n) is 52.5. The molecule has 0 bridgehead atoms. The molecule has 0 heterocycles. The molecular weight excluding hydrogens is 1010 g/mol. The van der Waals surface area contributed by atoms with E-state index < -0.39 is 26.5 Å². The quantitative estimate of drug-likeness (QED) is 0.0195. The van der Waals surface area contributed by atoms with Gasteiger partial charge in [0.25, 0.3) is 7.82 Å². The molecule has 80 heavy (non-hydrogen) atoms. The standard InChI is InChI=1S/C70H124NO8P/c1-6-8-10-12-14-16-18-20-22-24-26-28-30-32-33-34-35-36-37-39-40-42-44-46-48-50-52-54-56-58-60-62-69(72)76-66-68(67-78-80(74,75)77-65-64-71(3,4)5)79-70(73)63-61-59-57-55-53-51-49-47-45-43-41-38-31-29-27-25-23-21-19-17-15-13-11-9-7-2/h9,11,15,17-18,20-21,23-24,26-27,29-30,32,38,41,68H,6-8,10,12-14,16,19,22,25,28,31,33-37,39-40,42-67H2,1-5H3/b11-9-,17-15-,20-18-,23-21-,26-24-,29-27-,32-30-,41-38-. The van der Waals surface area contributed by atoms with Crippen molar-refractivity contribution in [2.75, 3.05) is 47.5 Å². The second-order valence-electron chi connectivity index (χ2n) is 23.1. The summed E-state index contributed by atoms with van der Waals surface area (Å²) in [6.07, 6.45) is 83.2. The number of rotatable bonds is 60. The lowest BCUT2D eigenvalue weighted by Crippen LogP contribution is -2.37. The van der Waals surface area contributed by atoms with E-state index in [0.29, 0.717) is 17.4 Å². The third-order valence-corrected chi connectivity index (χ3v) is 15.1. The highest BCUT2D eigenvalue weighted by Gasteiger charge is 2.22. The van der Waals surface area contributed by atoms with Gasteiger partial charge < -0.3 is 27.9 Å². The van der Waals surface area contributed by atoms with Crippen molar-refractivity contribution in [1.82, 2.24) is 0 Å². The SMILES string of the molecule is CC/C=C\C/C=C\C/C=C\C/C=C\C/C=C\CCCCCCCCCCCC(=O)OC(COC(=O)CCCCCCCCCCCCCCCCCC/C=C\C/C=C\C/C=C\CCCCCCC)COP(=O)([O-])OCC[N+](C)(C)C. The van der Waals surface area contributed by atoms with Gasteiger partial charge in [-0.25, -0.2) is 0 Å². The zero-order chi connectivity index (χ0) is 58.4. The van der Waals surface area contributed by atoms with Gasteiger partial charge in [0.1, 0.15) is 19.8 Å². The van der Waals surface area contributed by atoms with Gasteiger partial charge in [-0.05, 0) is 96.3 Å². The molecule has 9 nitrogen and oxygen atoms in total. The van der Waals surface area contributed by atoms with Gasteiger partial charge in [-0.15, -0.1) is 0 Å². The fraction of sp³-hybridized carbons (Fsp3) is 0.743. The third kappa shape index (κ3) is 64.1. The van der Waals surface area contributed by atoms with E-state index in [1.165, 1.54) is 161 Å². The topological polar surface area (TPSA) is 111 Å². The monoisotopic (exact) mass is 1140 g/mol.